The smallest absolute Gasteiger partial charge is 0.427 e. The largest absolute Gasteiger partial charge is 2.00 e. The molecule has 0 rings (SSSR count). The summed E-state index contributed by atoms with van der Waals surface area (Å²) in [6, 6.07) is 0. The zero-order valence-corrected chi connectivity index (χ0v) is 10.4. The van der Waals surface area contributed by atoms with Gasteiger partial charge >= 0.3 is 37.7 Å². The molecule has 0 aliphatic heterocycles. The maximum atomic E-state index is 8.57. The fourth-order valence-corrected chi connectivity index (χ4v) is 0. The van der Waals surface area contributed by atoms with E-state index >= 15 is 0 Å². The van der Waals surface area contributed by atoms with E-state index in [2.05, 4.69) is 0 Å². The third kappa shape index (κ3) is 123. The Kier molecular flexibility index (Phi) is 25.5. The van der Waals surface area contributed by atoms with E-state index in [4.69, 9.17) is 20.6 Å². The second-order valence-electron chi connectivity index (χ2n) is 0.378. The Morgan fingerprint density at radius 3 is 0.556 bits per heavy atom. The van der Waals surface area contributed by atoms with Gasteiger partial charge in [-0.05, 0) is 0 Å². The van der Waals surface area contributed by atoms with Crippen molar-refractivity contribution in [2.45, 2.75) is 0 Å². The van der Waals surface area contributed by atoms with E-state index in [9.17, 15) is 0 Å². The summed E-state index contributed by atoms with van der Waals surface area (Å²) < 4.78 is 51.4. The average molecular weight is 390 g/mol. The van der Waals surface area contributed by atoms with Crippen molar-refractivity contribution in [3.05, 3.63) is 0 Å². The first-order valence-corrected chi connectivity index (χ1v) is 6.21. The van der Waals surface area contributed by atoms with Gasteiger partial charge in [-0.1, -0.05) is 0 Å². The van der Waals surface area contributed by atoms with E-state index in [1.807, 2.05) is 0 Å². The molecule has 0 bridgehead atoms. The topological polar surface area (TPSA) is 138 Å². The van der Waals surface area contributed by atoms with E-state index in [0.717, 1.165) is 0 Å². The second kappa shape index (κ2) is 13.1. The number of halogens is 2. The summed E-state index contributed by atoms with van der Waals surface area (Å²) in [4.78, 5) is 0. The van der Waals surface area contributed by atoms with Crippen molar-refractivity contribution in [2.24, 2.45) is 0 Å². The van der Waals surface area contributed by atoms with Crippen LogP contribution in [0.2, 0.25) is 0 Å². The fraction of sp³-hybridized carbons (Fsp3) is 0. The SMILES string of the molecule is [Ca+2].[O-][I+2]([O-])[O-].[O-][I+2]([O-])[O-]. The molecule has 0 radical (unpaired) electrons. The summed E-state index contributed by atoms with van der Waals surface area (Å²) in [6.07, 6.45) is 0. The molecule has 6 nitrogen and oxygen atoms in total. The predicted molar refractivity (Wildman–Crippen MR) is 5.75 cm³/mol. The third-order valence-corrected chi connectivity index (χ3v) is 0. The van der Waals surface area contributed by atoms with Crippen LogP contribution in [0.3, 0.4) is 0 Å². The summed E-state index contributed by atoms with van der Waals surface area (Å²) >= 11 is -8.03. The van der Waals surface area contributed by atoms with Crippen LogP contribution in [-0.2, 0) is 0 Å². The van der Waals surface area contributed by atoms with E-state index in [0.29, 0.717) is 0 Å². The number of rotatable bonds is 0. The fourth-order valence-electron chi connectivity index (χ4n) is 0. The molecule has 0 aliphatic rings. The van der Waals surface area contributed by atoms with Crippen LogP contribution in [0.25, 0.3) is 0 Å². The van der Waals surface area contributed by atoms with E-state index < -0.39 is 42.1 Å². The molecule has 0 heterocycles. The van der Waals surface area contributed by atoms with Crippen LogP contribution in [-0.4, -0.2) is 37.7 Å². The Labute approximate surface area is 98.6 Å². The quantitative estimate of drug-likeness (QED) is 0.298. The Balaban J connectivity index is -0.0000000720. The van der Waals surface area contributed by atoms with Crippen LogP contribution >= 0.6 is 0 Å². The van der Waals surface area contributed by atoms with Gasteiger partial charge in [-0.15, -0.1) is 0 Å². The summed E-state index contributed by atoms with van der Waals surface area (Å²) in [5.74, 6) is 0. The maximum Gasteiger partial charge on any atom is 2.00 e. The van der Waals surface area contributed by atoms with Crippen LogP contribution in [0, 0.1) is 0 Å². The third-order valence-electron chi connectivity index (χ3n) is 0. The first-order valence-electron chi connectivity index (χ1n) is 0.926. The van der Waals surface area contributed by atoms with E-state index in [1.54, 1.807) is 0 Å². The van der Waals surface area contributed by atoms with Gasteiger partial charge in [0.25, 0.3) is 42.1 Å². The van der Waals surface area contributed by atoms with Gasteiger partial charge in [0, 0.05) is 0 Å². The van der Waals surface area contributed by atoms with Crippen LogP contribution in [0.5, 0.6) is 0 Å². The summed E-state index contributed by atoms with van der Waals surface area (Å²) in [5.41, 5.74) is 0. The Morgan fingerprint density at radius 1 is 0.556 bits per heavy atom. The minimum atomic E-state index is -4.01. The molecule has 0 saturated carbocycles. The predicted octanol–water partition coefficient (Wildman–Crippen LogP) is -13.5. The van der Waals surface area contributed by atoms with Gasteiger partial charge in [-0.2, -0.15) is 0 Å². The van der Waals surface area contributed by atoms with Gasteiger partial charge in [0.05, 0.1) is 0 Å². The standard InChI is InChI=1S/Ca.2IO3/c;2*2-1(3)4/q+2;2*-1. The minimum Gasteiger partial charge on any atom is -0.427 e. The number of hydrogen-bond acceptors (Lipinski definition) is 6. The van der Waals surface area contributed by atoms with Gasteiger partial charge in [-0.3, -0.25) is 0 Å². The van der Waals surface area contributed by atoms with Crippen molar-refractivity contribution in [3.63, 3.8) is 0 Å². The van der Waals surface area contributed by atoms with Crippen molar-refractivity contribution in [2.75, 3.05) is 0 Å². The van der Waals surface area contributed by atoms with Crippen molar-refractivity contribution in [1.82, 2.24) is 0 Å². The Morgan fingerprint density at radius 2 is 0.556 bits per heavy atom. The van der Waals surface area contributed by atoms with Gasteiger partial charge in [-0.25, -0.2) is 0 Å². The van der Waals surface area contributed by atoms with Crippen LogP contribution < -0.4 is 62.7 Å². The minimum absolute atomic E-state index is 0. The molecular weight excluding hydrogens is 390 g/mol. The zero-order valence-electron chi connectivity index (χ0n) is 3.91. The van der Waals surface area contributed by atoms with Crippen molar-refractivity contribution >= 4 is 37.7 Å². The second-order valence-corrected chi connectivity index (χ2v) is 2.54. The van der Waals surface area contributed by atoms with Crippen LogP contribution in [0.4, 0.5) is 0 Å². The molecule has 0 atom stereocenters. The van der Waals surface area contributed by atoms with Gasteiger partial charge in [0.15, 0.2) is 0 Å². The van der Waals surface area contributed by atoms with Gasteiger partial charge in [0.1, 0.15) is 0 Å². The Hall–Kier alpha value is 2.48. The summed E-state index contributed by atoms with van der Waals surface area (Å²) in [7, 11) is 0. The molecule has 0 aromatic carbocycles. The monoisotopic (exact) mass is 390 g/mol. The van der Waals surface area contributed by atoms with Crippen molar-refractivity contribution < 1.29 is 62.7 Å². The van der Waals surface area contributed by atoms with Crippen molar-refractivity contribution in [1.29, 1.82) is 0 Å². The molecule has 52 valence electrons. The first-order chi connectivity index (χ1) is 3.46. The maximum absolute atomic E-state index is 8.57. The normalized spacial score (nSPS) is 8.00. The molecule has 0 aromatic rings. The molecule has 0 amide bonds. The summed E-state index contributed by atoms with van der Waals surface area (Å²) in [6.45, 7) is 0. The zero-order chi connectivity index (χ0) is 7.15. The van der Waals surface area contributed by atoms with Crippen LogP contribution in [0.15, 0.2) is 0 Å². The van der Waals surface area contributed by atoms with E-state index in [1.165, 1.54) is 0 Å². The average Bonchev–Trinajstić information content (AvgIpc) is 1.25. The molecule has 0 unspecified atom stereocenters. The van der Waals surface area contributed by atoms with Crippen molar-refractivity contribution in [3.8, 4) is 0 Å². The van der Waals surface area contributed by atoms with E-state index in [-0.39, 0.29) is 37.7 Å². The summed E-state index contributed by atoms with van der Waals surface area (Å²) in [5, 5.41) is 0. The molecule has 0 spiro atoms. The van der Waals surface area contributed by atoms with Crippen LogP contribution in [0.1, 0.15) is 0 Å². The first kappa shape index (κ1) is 17.5. The molecule has 0 N–H and O–H groups in total. The molecule has 0 fully saturated rings. The Bertz CT molecular complexity index is 26.5. The molecule has 0 aliphatic carbocycles. The molecule has 0 aromatic heterocycles. The van der Waals surface area contributed by atoms with Gasteiger partial charge in [0.2, 0.25) is 0 Å². The molecular formula is CaI2O6. The molecule has 9 heteroatoms. The molecule has 9 heavy (non-hydrogen) atoms. The van der Waals surface area contributed by atoms with Gasteiger partial charge < -0.3 is 20.6 Å². The number of hydrogen-bond donors (Lipinski definition) is 0. The molecule has 0 saturated heterocycles.